The standard InChI is InChI=1S/C21H17N5O3S2/c1-25-15-5-3-4-6-16(15)26(2)21(25)14(9-22)17(27)10-29-18(28)11-31-20-13-7-8-30-19(13)23-12-24-20/h3-8,12H,10-11H2,1-2H3. The normalized spacial score (nSPS) is 12.6. The van der Waals surface area contributed by atoms with E-state index in [9.17, 15) is 14.9 Å². The number of benzene rings is 1. The lowest BCUT2D eigenvalue weighted by Gasteiger charge is -2.19. The maximum atomic E-state index is 12.7. The number of thiophene rings is 1. The summed E-state index contributed by atoms with van der Waals surface area (Å²) >= 11 is 2.72. The number of thioether (sulfide) groups is 1. The number of carbonyl (C=O) groups is 2. The predicted octanol–water partition coefficient (Wildman–Crippen LogP) is 3.22. The van der Waals surface area contributed by atoms with Gasteiger partial charge in [0.2, 0.25) is 5.78 Å². The summed E-state index contributed by atoms with van der Waals surface area (Å²) in [7, 11) is 3.58. The van der Waals surface area contributed by atoms with Gasteiger partial charge in [-0.1, -0.05) is 23.9 Å². The number of carbonyl (C=O) groups excluding carboxylic acids is 2. The van der Waals surface area contributed by atoms with Gasteiger partial charge in [0.15, 0.2) is 6.61 Å². The minimum Gasteiger partial charge on any atom is -0.457 e. The van der Waals surface area contributed by atoms with Crippen molar-refractivity contribution in [3.05, 3.63) is 53.4 Å². The van der Waals surface area contributed by atoms with Crippen molar-refractivity contribution in [2.24, 2.45) is 0 Å². The molecule has 0 bridgehead atoms. The number of fused-ring (bicyclic) bond motifs is 2. The number of rotatable bonds is 6. The van der Waals surface area contributed by atoms with Gasteiger partial charge < -0.3 is 14.5 Å². The highest BCUT2D eigenvalue weighted by atomic mass is 32.2. The zero-order chi connectivity index (χ0) is 22.0. The predicted molar refractivity (Wildman–Crippen MR) is 120 cm³/mol. The summed E-state index contributed by atoms with van der Waals surface area (Å²) in [5.74, 6) is -0.650. The molecule has 0 saturated carbocycles. The second kappa shape index (κ2) is 8.75. The first-order chi connectivity index (χ1) is 15.0. The molecule has 0 aliphatic carbocycles. The Balaban J connectivity index is 1.41. The van der Waals surface area contributed by atoms with E-state index in [4.69, 9.17) is 4.74 Å². The molecule has 3 aromatic rings. The summed E-state index contributed by atoms with van der Waals surface area (Å²) in [6, 6.07) is 11.5. The Hall–Kier alpha value is -3.42. The molecule has 0 N–H and O–H groups in total. The van der Waals surface area contributed by atoms with Gasteiger partial charge in [0.25, 0.3) is 0 Å². The molecule has 0 radical (unpaired) electrons. The van der Waals surface area contributed by atoms with Gasteiger partial charge in [-0.3, -0.25) is 9.59 Å². The lowest BCUT2D eigenvalue weighted by Crippen LogP contribution is -2.28. The monoisotopic (exact) mass is 451 g/mol. The SMILES string of the molecule is CN1C(=C(C#N)C(=O)COC(=O)CSc2ncnc3sccc23)N(C)c2ccccc21. The van der Waals surface area contributed by atoms with E-state index in [1.54, 1.807) is 23.9 Å². The molecule has 8 nitrogen and oxygen atoms in total. The number of ether oxygens (including phenoxy) is 1. The number of para-hydroxylation sites is 2. The fourth-order valence-electron chi connectivity index (χ4n) is 3.33. The molecule has 10 heteroatoms. The number of hydrogen-bond donors (Lipinski definition) is 0. The van der Waals surface area contributed by atoms with Crippen molar-refractivity contribution in [3.8, 4) is 6.07 Å². The Labute approximate surface area is 186 Å². The second-order valence-electron chi connectivity index (χ2n) is 6.61. The smallest absolute Gasteiger partial charge is 0.316 e. The van der Waals surface area contributed by atoms with Gasteiger partial charge in [0, 0.05) is 19.5 Å². The first-order valence-corrected chi connectivity index (χ1v) is 11.1. The summed E-state index contributed by atoms with van der Waals surface area (Å²) in [6.45, 7) is -0.499. The Bertz CT molecular complexity index is 1220. The molecule has 2 aromatic heterocycles. The highest BCUT2D eigenvalue weighted by molar-refractivity contribution is 8.00. The maximum absolute atomic E-state index is 12.7. The van der Waals surface area contributed by atoms with Crippen LogP contribution in [0.2, 0.25) is 0 Å². The molecule has 0 amide bonds. The Morgan fingerprint density at radius 2 is 1.87 bits per heavy atom. The van der Waals surface area contributed by atoms with E-state index in [-0.39, 0.29) is 11.3 Å². The molecule has 0 saturated heterocycles. The van der Waals surface area contributed by atoms with Crippen molar-refractivity contribution in [1.29, 1.82) is 5.26 Å². The van der Waals surface area contributed by atoms with Crippen LogP contribution in [-0.2, 0) is 14.3 Å². The van der Waals surface area contributed by atoms with Gasteiger partial charge in [-0.05, 0) is 23.6 Å². The fraction of sp³-hybridized carbons (Fsp3) is 0.190. The number of Topliss-reactive ketones (excluding diaryl/α,β-unsaturated/α-hetero) is 1. The van der Waals surface area contributed by atoms with Gasteiger partial charge in [-0.25, -0.2) is 9.97 Å². The van der Waals surface area contributed by atoms with Crippen LogP contribution in [0, 0.1) is 11.3 Å². The number of nitriles is 1. The van der Waals surface area contributed by atoms with Crippen molar-refractivity contribution < 1.29 is 14.3 Å². The average Bonchev–Trinajstić information content (AvgIpc) is 3.36. The molecule has 1 aliphatic heterocycles. The van der Waals surface area contributed by atoms with Gasteiger partial charge in [0.05, 0.1) is 17.1 Å². The maximum Gasteiger partial charge on any atom is 0.316 e. The number of nitrogens with zero attached hydrogens (tertiary/aromatic N) is 5. The largest absolute Gasteiger partial charge is 0.457 e. The fourth-order valence-corrected chi connectivity index (χ4v) is 4.90. The van der Waals surface area contributed by atoms with E-state index in [1.807, 2.05) is 41.8 Å². The van der Waals surface area contributed by atoms with Crippen LogP contribution < -0.4 is 9.80 Å². The zero-order valence-corrected chi connectivity index (χ0v) is 18.4. The summed E-state index contributed by atoms with van der Waals surface area (Å²) in [4.78, 5) is 37.6. The molecule has 3 heterocycles. The van der Waals surface area contributed by atoms with Crippen molar-refractivity contribution >= 4 is 56.4 Å². The van der Waals surface area contributed by atoms with E-state index >= 15 is 0 Å². The van der Waals surface area contributed by atoms with Crippen LogP contribution in [0.15, 0.2) is 58.5 Å². The van der Waals surface area contributed by atoms with Crippen LogP contribution in [0.25, 0.3) is 10.2 Å². The summed E-state index contributed by atoms with van der Waals surface area (Å²) in [5.41, 5.74) is 1.72. The quantitative estimate of drug-likeness (QED) is 0.184. The van der Waals surface area contributed by atoms with E-state index in [1.165, 1.54) is 29.4 Å². The molecular formula is C21H17N5O3S2. The lowest BCUT2D eigenvalue weighted by atomic mass is 10.2. The topological polar surface area (TPSA) is 99.4 Å². The third-order valence-corrected chi connectivity index (χ3v) is 6.57. The Morgan fingerprint density at radius 3 is 2.55 bits per heavy atom. The molecule has 0 fully saturated rings. The molecule has 0 unspecified atom stereocenters. The average molecular weight is 452 g/mol. The van der Waals surface area contributed by atoms with Crippen molar-refractivity contribution in [2.45, 2.75) is 5.03 Å². The molecule has 1 aromatic carbocycles. The van der Waals surface area contributed by atoms with E-state index in [0.29, 0.717) is 10.8 Å². The van der Waals surface area contributed by atoms with Crippen LogP contribution in [0.3, 0.4) is 0 Å². The highest BCUT2D eigenvalue weighted by Gasteiger charge is 2.31. The summed E-state index contributed by atoms with van der Waals surface area (Å²) < 4.78 is 5.14. The van der Waals surface area contributed by atoms with Gasteiger partial charge in [0.1, 0.15) is 33.6 Å². The van der Waals surface area contributed by atoms with Crippen molar-refractivity contribution in [1.82, 2.24) is 9.97 Å². The van der Waals surface area contributed by atoms with Gasteiger partial charge in [-0.2, -0.15) is 5.26 Å². The second-order valence-corrected chi connectivity index (χ2v) is 8.47. The van der Waals surface area contributed by atoms with Crippen LogP contribution >= 0.6 is 23.1 Å². The number of esters is 1. The van der Waals surface area contributed by atoms with Crippen molar-refractivity contribution in [3.63, 3.8) is 0 Å². The number of aromatic nitrogens is 2. The summed E-state index contributed by atoms with van der Waals surface area (Å²) in [6.07, 6.45) is 1.45. The molecule has 0 atom stereocenters. The third-order valence-electron chi connectivity index (χ3n) is 4.77. The van der Waals surface area contributed by atoms with E-state index < -0.39 is 18.4 Å². The van der Waals surface area contributed by atoms with Crippen molar-refractivity contribution in [2.75, 3.05) is 36.3 Å². The zero-order valence-electron chi connectivity index (χ0n) is 16.7. The highest BCUT2D eigenvalue weighted by Crippen LogP contribution is 2.40. The van der Waals surface area contributed by atoms with Crippen LogP contribution in [0.1, 0.15) is 0 Å². The Kier molecular flexibility index (Phi) is 5.88. The number of anilines is 2. The van der Waals surface area contributed by atoms with Crippen LogP contribution in [0.4, 0.5) is 11.4 Å². The minimum absolute atomic E-state index is 0.00105. The first kappa shape index (κ1) is 20.8. The molecule has 0 spiro atoms. The minimum atomic E-state index is -0.556. The van der Waals surface area contributed by atoms with Crippen LogP contribution in [-0.4, -0.2) is 48.2 Å². The van der Waals surface area contributed by atoms with Gasteiger partial charge >= 0.3 is 5.97 Å². The van der Waals surface area contributed by atoms with E-state index in [2.05, 4.69) is 9.97 Å². The lowest BCUT2D eigenvalue weighted by molar-refractivity contribution is -0.144. The molecule has 1 aliphatic rings. The van der Waals surface area contributed by atoms with Gasteiger partial charge in [-0.15, -0.1) is 11.3 Å². The molecular weight excluding hydrogens is 434 g/mol. The van der Waals surface area contributed by atoms with Crippen LogP contribution in [0.5, 0.6) is 0 Å². The summed E-state index contributed by atoms with van der Waals surface area (Å²) in [5, 5.41) is 13.1. The number of hydrogen-bond acceptors (Lipinski definition) is 10. The van der Waals surface area contributed by atoms with E-state index in [0.717, 1.165) is 21.6 Å². The Morgan fingerprint density at radius 1 is 1.16 bits per heavy atom. The molecule has 31 heavy (non-hydrogen) atoms. The molecule has 156 valence electrons. The number of ketones is 1. The first-order valence-electron chi connectivity index (χ1n) is 9.22. The third kappa shape index (κ3) is 3.97. The molecule has 4 rings (SSSR count).